The van der Waals surface area contributed by atoms with Gasteiger partial charge in [0.05, 0.1) is 12.1 Å². The summed E-state index contributed by atoms with van der Waals surface area (Å²) >= 11 is 1.57. The van der Waals surface area contributed by atoms with Crippen LogP contribution in [0.4, 0.5) is 0 Å². The fraction of sp³-hybridized carbons (Fsp3) is 0.188. The molecule has 1 aromatic heterocycles. The highest BCUT2D eigenvalue weighted by Crippen LogP contribution is 2.20. The molecule has 2 aromatic rings. The fourth-order valence-corrected chi connectivity index (χ4v) is 2.48. The molecule has 1 amide bonds. The summed E-state index contributed by atoms with van der Waals surface area (Å²) in [6.07, 6.45) is 3.26. The van der Waals surface area contributed by atoms with Crippen LogP contribution >= 0.6 is 11.3 Å². The number of aliphatic hydroxyl groups excluding tert-OH is 1. The van der Waals surface area contributed by atoms with Crippen molar-refractivity contribution in [3.63, 3.8) is 0 Å². The van der Waals surface area contributed by atoms with Gasteiger partial charge in [-0.25, -0.2) is 0 Å². The van der Waals surface area contributed by atoms with E-state index in [9.17, 15) is 9.90 Å². The van der Waals surface area contributed by atoms with E-state index in [2.05, 4.69) is 5.32 Å². The molecule has 104 valence electrons. The lowest BCUT2D eigenvalue weighted by Gasteiger charge is -2.28. The van der Waals surface area contributed by atoms with Crippen LogP contribution in [0.5, 0.6) is 0 Å². The van der Waals surface area contributed by atoms with Gasteiger partial charge in [0.2, 0.25) is 5.91 Å². The minimum Gasteiger partial charge on any atom is -0.394 e. The Bertz CT molecular complexity index is 578. The van der Waals surface area contributed by atoms with Gasteiger partial charge in [-0.15, -0.1) is 11.3 Å². The molecule has 0 bridgehead atoms. The van der Waals surface area contributed by atoms with Gasteiger partial charge in [-0.1, -0.05) is 36.4 Å². The standard InChI is InChI=1S/C16H17NO2S/c1-16(12-18,13-6-3-2-4-7-13)17-15(19)10-9-14-8-5-11-20-14/h2-11,18H,12H2,1H3,(H,17,19)/b10-9+. The average molecular weight is 287 g/mol. The van der Waals surface area contributed by atoms with Gasteiger partial charge in [-0.05, 0) is 30.0 Å². The van der Waals surface area contributed by atoms with Gasteiger partial charge in [0, 0.05) is 11.0 Å². The topological polar surface area (TPSA) is 49.3 Å². The van der Waals surface area contributed by atoms with Crippen molar-refractivity contribution < 1.29 is 9.90 Å². The number of amides is 1. The van der Waals surface area contributed by atoms with Crippen molar-refractivity contribution in [3.8, 4) is 0 Å². The van der Waals surface area contributed by atoms with E-state index in [0.717, 1.165) is 10.4 Å². The van der Waals surface area contributed by atoms with Gasteiger partial charge in [0.1, 0.15) is 0 Å². The maximum absolute atomic E-state index is 12.0. The Hall–Kier alpha value is -1.91. The third-order valence-corrected chi connectivity index (χ3v) is 3.91. The largest absolute Gasteiger partial charge is 0.394 e. The Morgan fingerprint density at radius 2 is 2.05 bits per heavy atom. The molecule has 0 saturated carbocycles. The van der Waals surface area contributed by atoms with Gasteiger partial charge in [0.15, 0.2) is 0 Å². The molecule has 2 rings (SSSR count). The molecule has 1 unspecified atom stereocenters. The maximum Gasteiger partial charge on any atom is 0.244 e. The minimum atomic E-state index is -0.780. The Balaban J connectivity index is 2.08. The fourth-order valence-electron chi connectivity index (χ4n) is 1.87. The van der Waals surface area contributed by atoms with Gasteiger partial charge >= 0.3 is 0 Å². The molecule has 0 fully saturated rings. The van der Waals surface area contributed by atoms with Crippen LogP contribution in [0.2, 0.25) is 0 Å². The summed E-state index contributed by atoms with van der Waals surface area (Å²) in [5, 5.41) is 14.4. The molecule has 20 heavy (non-hydrogen) atoms. The zero-order valence-electron chi connectivity index (χ0n) is 11.2. The third kappa shape index (κ3) is 3.56. The van der Waals surface area contributed by atoms with Crippen molar-refractivity contribution in [1.82, 2.24) is 5.32 Å². The Labute approximate surface area is 122 Å². The first-order chi connectivity index (χ1) is 9.64. The number of nitrogens with one attached hydrogen (secondary N) is 1. The second kappa shape index (κ2) is 6.50. The Morgan fingerprint density at radius 3 is 2.65 bits per heavy atom. The van der Waals surface area contributed by atoms with E-state index in [1.54, 1.807) is 24.3 Å². The van der Waals surface area contributed by atoms with E-state index in [1.807, 2.05) is 47.8 Å². The van der Waals surface area contributed by atoms with Crippen molar-refractivity contribution in [2.75, 3.05) is 6.61 Å². The number of thiophene rings is 1. The molecule has 3 nitrogen and oxygen atoms in total. The number of benzene rings is 1. The number of carbonyl (C=O) groups excluding carboxylic acids is 1. The number of carbonyl (C=O) groups is 1. The lowest BCUT2D eigenvalue weighted by molar-refractivity contribution is -0.118. The summed E-state index contributed by atoms with van der Waals surface area (Å²) in [5.74, 6) is -0.223. The van der Waals surface area contributed by atoms with E-state index in [-0.39, 0.29) is 12.5 Å². The van der Waals surface area contributed by atoms with E-state index >= 15 is 0 Å². The van der Waals surface area contributed by atoms with Crippen molar-refractivity contribution in [2.45, 2.75) is 12.5 Å². The highest BCUT2D eigenvalue weighted by atomic mass is 32.1. The number of hydrogen-bond donors (Lipinski definition) is 2. The highest BCUT2D eigenvalue weighted by Gasteiger charge is 2.26. The van der Waals surface area contributed by atoms with E-state index < -0.39 is 5.54 Å². The smallest absolute Gasteiger partial charge is 0.244 e. The second-order valence-corrected chi connectivity index (χ2v) is 5.67. The van der Waals surface area contributed by atoms with Crippen LogP contribution in [0, 0.1) is 0 Å². The zero-order valence-corrected chi connectivity index (χ0v) is 12.1. The van der Waals surface area contributed by atoms with E-state index in [4.69, 9.17) is 0 Å². The van der Waals surface area contributed by atoms with Gasteiger partial charge in [-0.2, -0.15) is 0 Å². The number of hydrogen-bond acceptors (Lipinski definition) is 3. The summed E-state index contributed by atoms with van der Waals surface area (Å²) < 4.78 is 0. The molecule has 0 aliphatic heterocycles. The lowest BCUT2D eigenvalue weighted by atomic mass is 9.93. The SMILES string of the molecule is CC(CO)(NC(=O)/C=C/c1cccs1)c1ccccc1. The number of rotatable bonds is 5. The van der Waals surface area contributed by atoms with Crippen molar-refractivity contribution in [3.05, 3.63) is 64.4 Å². The molecule has 0 aliphatic carbocycles. The van der Waals surface area contributed by atoms with E-state index in [1.165, 1.54) is 6.08 Å². The molecular weight excluding hydrogens is 270 g/mol. The first kappa shape index (κ1) is 14.5. The maximum atomic E-state index is 12.0. The van der Waals surface area contributed by atoms with E-state index in [0.29, 0.717) is 0 Å². The van der Waals surface area contributed by atoms with Gasteiger partial charge in [-0.3, -0.25) is 4.79 Å². The minimum absolute atomic E-state index is 0.157. The van der Waals surface area contributed by atoms with Crippen molar-refractivity contribution in [2.24, 2.45) is 0 Å². The molecular formula is C16H17NO2S. The van der Waals surface area contributed by atoms with Crippen LogP contribution in [0.3, 0.4) is 0 Å². The molecule has 1 aromatic carbocycles. The monoisotopic (exact) mass is 287 g/mol. The molecule has 0 aliphatic rings. The molecule has 1 atom stereocenters. The van der Waals surface area contributed by atoms with Crippen LogP contribution < -0.4 is 5.32 Å². The van der Waals surface area contributed by atoms with Crippen LogP contribution in [0.1, 0.15) is 17.4 Å². The summed E-state index contributed by atoms with van der Waals surface area (Å²) in [7, 11) is 0. The van der Waals surface area contributed by atoms with Crippen LogP contribution in [0.15, 0.2) is 53.9 Å². The Kier molecular flexibility index (Phi) is 4.71. The average Bonchev–Trinajstić information content (AvgIpc) is 2.99. The first-order valence-corrected chi connectivity index (χ1v) is 7.22. The predicted molar refractivity (Wildman–Crippen MR) is 82.4 cm³/mol. The van der Waals surface area contributed by atoms with Crippen molar-refractivity contribution in [1.29, 1.82) is 0 Å². The van der Waals surface area contributed by atoms with Crippen LogP contribution in [-0.4, -0.2) is 17.6 Å². The first-order valence-electron chi connectivity index (χ1n) is 6.34. The van der Waals surface area contributed by atoms with Gasteiger partial charge in [0.25, 0.3) is 0 Å². The Morgan fingerprint density at radius 1 is 1.30 bits per heavy atom. The van der Waals surface area contributed by atoms with Gasteiger partial charge < -0.3 is 10.4 Å². The molecule has 1 heterocycles. The van der Waals surface area contributed by atoms with Crippen LogP contribution in [-0.2, 0) is 10.3 Å². The third-order valence-electron chi connectivity index (χ3n) is 3.07. The molecule has 0 radical (unpaired) electrons. The summed E-state index contributed by atoms with van der Waals surface area (Å²) in [6, 6.07) is 13.3. The lowest BCUT2D eigenvalue weighted by Crippen LogP contribution is -2.45. The molecule has 0 saturated heterocycles. The predicted octanol–water partition coefficient (Wildman–Crippen LogP) is 2.79. The molecule has 4 heteroatoms. The summed E-state index contributed by atoms with van der Waals surface area (Å²) in [6.45, 7) is 1.65. The molecule has 0 spiro atoms. The van der Waals surface area contributed by atoms with Crippen molar-refractivity contribution >= 4 is 23.3 Å². The summed E-state index contributed by atoms with van der Waals surface area (Å²) in [4.78, 5) is 13.0. The number of aliphatic hydroxyl groups is 1. The normalized spacial score (nSPS) is 14.1. The summed E-state index contributed by atoms with van der Waals surface area (Å²) in [5.41, 5.74) is 0.0957. The zero-order chi connectivity index (χ0) is 14.4. The highest BCUT2D eigenvalue weighted by molar-refractivity contribution is 7.10. The second-order valence-electron chi connectivity index (χ2n) is 4.69. The molecule has 2 N–H and O–H groups in total. The quantitative estimate of drug-likeness (QED) is 0.831. The van der Waals surface area contributed by atoms with Crippen LogP contribution in [0.25, 0.3) is 6.08 Å².